The van der Waals surface area contributed by atoms with Gasteiger partial charge in [0, 0.05) is 24.5 Å². The van der Waals surface area contributed by atoms with E-state index in [-0.39, 0.29) is 0 Å². The predicted octanol–water partition coefficient (Wildman–Crippen LogP) is 3.06. The van der Waals surface area contributed by atoms with E-state index in [2.05, 4.69) is 46.7 Å². The van der Waals surface area contributed by atoms with Gasteiger partial charge in [-0.25, -0.2) is 0 Å². The number of benzene rings is 1. The molecule has 2 aromatic rings. The van der Waals surface area contributed by atoms with Gasteiger partial charge in [0.05, 0.1) is 11.8 Å². The number of nitrogens with zero attached hydrogens (tertiary/aromatic N) is 1. The summed E-state index contributed by atoms with van der Waals surface area (Å²) >= 11 is 0. The first-order chi connectivity index (χ1) is 9.35. The summed E-state index contributed by atoms with van der Waals surface area (Å²) in [5.41, 5.74) is 3.37. The highest BCUT2D eigenvalue weighted by molar-refractivity contribution is 5.62. The van der Waals surface area contributed by atoms with E-state index < -0.39 is 0 Å². The van der Waals surface area contributed by atoms with Crippen molar-refractivity contribution in [2.45, 2.75) is 31.9 Å². The van der Waals surface area contributed by atoms with Crippen molar-refractivity contribution < 1.29 is 4.74 Å². The number of H-pyrrole nitrogens is 1. The first-order valence-corrected chi connectivity index (χ1v) is 6.83. The fourth-order valence-corrected chi connectivity index (χ4v) is 2.45. The van der Waals surface area contributed by atoms with Gasteiger partial charge in [-0.05, 0) is 43.5 Å². The van der Waals surface area contributed by atoms with E-state index in [0.717, 1.165) is 30.7 Å². The number of rotatable bonds is 5. The average molecular weight is 257 g/mol. The standard InChI is InChI=1S/C15H19N3O/c1-2-19-14-9-13(10-14)17-12-5-3-11(4-6-12)15-7-8-16-18-15/h3-8,13-14,17H,2,9-10H2,1H3,(H,16,18). The van der Waals surface area contributed by atoms with Crippen LogP contribution in [0.25, 0.3) is 11.3 Å². The number of aromatic nitrogens is 2. The average Bonchev–Trinajstić information content (AvgIpc) is 2.91. The van der Waals surface area contributed by atoms with Crippen LogP contribution in [-0.4, -0.2) is 29.0 Å². The minimum Gasteiger partial charge on any atom is -0.382 e. The van der Waals surface area contributed by atoms with Gasteiger partial charge in [-0.3, -0.25) is 5.10 Å². The van der Waals surface area contributed by atoms with Crippen LogP contribution >= 0.6 is 0 Å². The third-order valence-electron chi connectivity index (χ3n) is 3.56. The second kappa shape index (κ2) is 5.45. The molecule has 0 radical (unpaired) electrons. The lowest BCUT2D eigenvalue weighted by atomic mass is 9.89. The molecule has 0 bridgehead atoms. The lowest BCUT2D eigenvalue weighted by Crippen LogP contribution is -2.40. The van der Waals surface area contributed by atoms with Crippen molar-refractivity contribution in [3.63, 3.8) is 0 Å². The number of aromatic amines is 1. The summed E-state index contributed by atoms with van der Waals surface area (Å²) in [6.07, 6.45) is 4.43. The molecule has 0 spiro atoms. The number of ether oxygens (including phenoxy) is 1. The first kappa shape index (κ1) is 12.2. The van der Waals surface area contributed by atoms with E-state index in [1.807, 2.05) is 6.07 Å². The van der Waals surface area contributed by atoms with Gasteiger partial charge in [-0.1, -0.05) is 12.1 Å². The Bertz CT molecular complexity index is 501. The molecule has 4 heteroatoms. The Hall–Kier alpha value is -1.81. The smallest absolute Gasteiger partial charge is 0.0650 e. The second-order valence-electron chi connectivity index (χ2n) is 4.94. The van der Waals surface area contributed by atoms with Crippen molar-refractivity contribution in [1.29, 1.82) is 0 Å². The fraction of sp³-hybridized carbons (Fsp3) is 0.400. The molecule has 100 valence electrons. The van der Waals surface area contributed by atoms with Crippen molar-refractivity contribution in [2.75, 3.05) is 11.9 Å². The summed E-state index contributed by atoms with van der Waals surface area (Å²) in [5, 5.41) is 10.5. The maximum absolute atomic E-state index is 5.56. The third kappa shape index (κ3) is 2.79. The monoisotopic (exact) mass is 257 g/mol. The highest BCUT2D eigenvalue weighted by Crippen LogP contribution is 2.27. The van der Waals surface area contributed by atoms with Crippen LogP contribution in [-0.2, 0) is 4.74 Å². The van der Waals surface area contributed by atoms with Gasteiger partial charge in [0.25, 0.3) is 0 Å². The van der Waals surface area contributed by atoms with E-state index in [1.54, 1.807) is 6.20 Å². The lowest BCUT2D eigenvalue weighted by molar-refractivity contribution is 0.00299. The molecule has 1 aliphatic rings. The predicted molar refractivity (Wildman–Crippen MR) is 76.1 cm³/mol. The van der Waals surface area contributed by atoms with E-state index >= 15 is 0 Å². The molecule has 1 fully saturated rings. The topological polar surface area (TPSA) is 49.9 Å². The van der Waals surface area contributed by atoms with Crippen molar-refractivity contribution in [3.05, 3.63) is 36.5 Å². The highest BCUT2D eigenvalue weighted by Gasteiger charge is 2.29. The molecule has 1 saturated carbocycles. The van der Waals surface area contributed by atoms with Gasteiger partial charge in [0.15, 0.2) is 0 Å². The van der Waals surface area contributed by atoms with Gasteiger partial charge in [0.2, 0.25) is 0 Å². The largest absolute Gasteiger partial charge is 0.382 e. The van der Waals surface area contributed by atoms with Gasteiger partial charge in [-0.2, -0.15) is 5.10 Å². The maximum atomic E-state index is 5.56. The molecule has 0 aliphatic heterocycles. The normalized spacial score (nSPS) is 21.9. The minimum absolute atomic E-state index is 0.451. The van der Waals surface area contributed by atoms with Gasteiger partial charge in [-0.15, -0.1) is 0 Å². The van der Waals surface area contributed by atoms with Crippen LogP contribution in [0.2, 0.25) is 0 Å². The van der Waals surface area contributed by atoms with Gasteiger partial charge >= 0.3 is 0 Å². The number of nitrogens with one attached hydrogen (secondary N) is 2. The Morgan fingerprint density at radius 1 is 1.26 bits per heavy atom. The molecule has 1 aromatic heterocycles. The van der Waals surface area contributed by atoms with Crippen LogP contribution in [0.5, 0.6) is 0 Å². The van der Waals surface area contributed by atoms with E-state index in [0.29, 0.717) is 12.1 Å². The van der Waals surface area contributed by atoms with Crippen LogP contribution in [0.1, 0.15) is 19.8 Å². The van der Waals surface area contributed by atoms with Crippen molar-refractivity contribution in [2.24, 2.45) is 0 Å². The molecular formula is C15H19N3O. The summed E-state index contributed by atoms with van der Waals surface area (Å²) in [4.78, 5) is 0. The summed E-state index contributed by atoms with van der Waals surface area (Å²) < 4.78 is 5.56. The molecule has 0 unspecified atom stereocenters. The van der Waals surface area contributed by atoms with E-state index in [9.17, 15) is 0 Å². The zero-order valence-electron chi connectivity index (χ0n) is 11.1. The highest BCUT2D eigenvalue weighted by atomic mass is 16.5. The van der Waals surface area contributed by atoms with Crippen LogP contribution in [0.3, 0.4) is 0 Å². The zero-order valence-corrected chi connectivity index (χ0v) is 11.1. The summed E-state index contributed by atoms with van der Waals surface area (Å²) in [7, 11) is 0. The number of hydrogen-bond donors (Lipinski definition) is 2. The Labute approximate surface area is 113 Å². The molecule has 0 atom stereocenters. The number of hydrogen-bond acceptors (Lipinski definition) is 3. The van der Waals surface area contributed by atoms with E-state index in [1.165, 1.54) is 5.69 Å². The first-order valence-electron chi connectivity index (χ1n) is 6.83. The Balaban J connectivity index is 1.56. The zero-order chi connectivity index (χ0) is 13.1. The summed E-state index contributed by atoms with van der Waals surface area (Å²) in [5.74, 6) is 0. The Kier molecular flexibility index (Phi) is 3.51. The molecule has 0 saturated heterocycles. The molecule has 3 rings (SSSR count). The van der Waals surface area contributed by atoms with Gasteiger partial charge in [0.1, 0.15) is 0 Å². The lowest BCUT2D eigenvalue weighted by Gasteiger charge is -2.36. The number of anilines is 1. The third-order valence-corrected chi connectivity index (χ3v) is 3.56. The van der Waals surface area contributed by atoms with E-state index in [4.69, 9.17) is 4.74 Å². The molecule has 1 heterocycles. The van der Waals surface area contributed by atoms with Crippen molar-refractivity contribution in [1.82, 2.24) is 10.2 Å². The Morgan fingerprint density at radius 2 is 2.05 bits per heavy atom. The molecule has 1 aromatic carbocycles. The fourth-order valence-electron chi connectivity index (χ4n) is 2.45. The molecule has 2 N–H and O–H groups in total. The molecule has 1 aliphatic carbocycles. The maximum Gasteiger partial charge on any atom is 0.0650 e. The van der Waals surface area contributed by atoms with Gasteiger partial charge < -0.3 is 10.1 Å². The van der Waals surface area contributed by atoms with Crippen LogP contribution in [0.15, 0.2) is 36.5 Å². The summed E-state index contributed by atoms with van der Waals surface area (Å²) in [6, 6.07) is 11.0. The molecule has 19 heavy (non-hydrogen) atoms. The quantitative estimate of drug-likeness (QED) is 0.865. The van der Waals surface area contributed by atoms with Crippen LogP contribution in [0.4, 0.5) is 5.69 Å². The van der Waals surface area contributed by atoms with Crippen molar-refractivity contribution in [3.8, 4) is 11.3 Å². The molecule has 4 nitrogen and oxygen atoms in total. The second-order valence-corrected chi connectivity index (χ2v) is 4.94. The van der Waals surface area contributed by atoms with Crippen LogP contribution in [0, 0.1) is 0 Å². The van der Waals surface area contributed by atoms with Crippen molar-refractivity contribution >= 4 is 5.69 Å². The molecular weight excluding hydrogens is 238 g/mol. The Morgan fingerprint density at radius 3 is 2.68 bits per heavy atom. The SMILES string of the molecule is CCOC1CC(Nc2ccc(-c3ccn[nH]3)cc2)C1. The van der Waals surface area contributed by atoms with Crippen LogP contribution < -0.4 is 5.32 Å². The minimum atomic E-state index is 0.451. The molecule has 0 amide bonds. The summed E-state index contributed by atoms with van der Waals surface area (Å²) in [6.45, 7) is 2.87.